The van der Waals surface area contributed by atoms with Crippen molar-refractivity contribution in [3.63, 3.8) is 0 Å². The Kier molecular flexibility index (Phi) is 6.91. The number of aliphatic hydroxyl groups is 5. The van der Waals surface area contributed by atoms with Crippen molar-refractivity contribution in [3.8, 4) is 0 Å². The maximum Gasteiger partial charge on any atom is 0.338 e. The Morgan fingerprint density at radius 3 is 2.29 bits per heavy atom. The largest absolute Gasteiger partial charge is 0.455 e. The number of nitrogens with zero attached hydrogens (tertiary/aromatic N) is 1. The van der Waals surface area contributed by atoms with Gasteiger partial charge in [-0.3, -0.25) is 4.79 Å². The fraction of sp³-hybridized carbons (Fsp3) is 0.750. The Labute approximate surface area is 261 Å². The third kappa shape index (κ3) is 3.34. The molecule has 13 nitrogen and oxygen atoms in total. The topological polar surface area (TPSA) is 185 Å². The van der Waals surface area contributed by atoms with Crippen LogP contribution < -0.4 is 0 Å². The van der Waals surface area contributed by atoms with Gasteiger partial charge in [0.25, 0.3) is 0 Å². The molecule has 0 aromatic heterocycles. The van der Waals surface area contributed by atoms with Crippen LogP contribution in [0.1, 0.15) is 30.1 Å². The summed E-state index contributed by atoms with van der Waals surface area (Å²) in [7, 11) is 6.04. The number of fused-ring (bicyclic) bond motifs is 2. The van der Waals surface area contributed by atoms with Crippen molar-refractivity contribution < 1.29 is 58.8 Å². The van der Waals surface area contributed by atoms with Gasteiger partial charge in [0.2, 0.25) is 0 Å². The molecular weight excluding hydrogens is 590 g/mol. The predicted molar refractivity (Wildman–Crippen MR) is 153 cm³/mol. The summed E-state index contributed by atoms with van der Waals surface area (Å²) < 4.78 is 29.9. The van der Waals surface area contributed by atoms with Crippen molar-refractivity contribution in [1.82, 2.24) is 4.90 Å². The number of esters is 2. The predicted octanol–water partition coefficient (Wildman–Crippen LogP) is -1.28. The molecular formula is C32H43NO12. The molecule has 6 aliphatic rings. The van der Waals surface area contributed by atoms with Crippen LogP contribution in [0.5, 0.6) is 0 Å². The molecule has 7 bridgehead atoms. The molecule has 6 fully saturated rings. The molecule has 45 heavy (non-hydrogen) atoms. The minimum atomic E-state index is -2.16. The van der Waals surface area contributed by atoms with Crippen molar-refractivity contribution in [1.29, 1.82) is 0 Å². The van der Waals surface area contributed by atoms with Crippen LogP contribution in [-0.2, 0) is 28.5 Å². The number of rotatable bonds is 7. The molecule has 1 aliphatic heterocycles. The van der Waals surface area contributed by atoms with Gasteiger partial charge < -0.3 is 54.1 Å². The highest BCUT2D eigenvalue weighted by Crippen LogP contribution is 2.81. The molecule has 1 aromatic rings. The molecule has 1 aromatic carbocycles. The lowest BCUT2D eigenvalue weighted by atomic mass is 9.40. The monoisotopic (exact) mass is 633 g/mol. The number of likely N-dealkylation sites (tertiary alicyclic amines) is 1. The average molecular weight is 634 g/mol. The summed E-state index contributed by atoms with van der Waals surface area (Å²) in [5.41, 5.74) is -8.68. The zero-order valence-corrected chi connectivity index (χ0v) is 26.0. The molecule has 248 valence electrons. The maximum absolute atomic E-state index is 13.6. The highest BCUT2D eigenvalue weighted by atomic mass is 16.6. The van der Waals surface area contributed by atoms with Gasteiger partial charge in [0, 0.05) is 76.3 Å². The highest BCUT2D eigenvalue weighted by molar-refractivity contribution is 5.89. The Morgan fingerprint density at radius 1 is 1.00 bits per heavy atom. The van der Waals surface area contributed by atoms with E-state index in [-0.39, 0.29) is 25.1 Å². The van der Waals surface area contributed by atoms with E-state index in [1.165, 1.54) is 21.3 Å². The third-order valence-electron chi connectivity index (χ3n) is 12.7. The lowest BCUT2D eigenvalue weighted by molar-refractivity contribution is -0.353. The van der Waals surface area contributed by atoms with Crippen LogP contribution in [0.2, 0.25) is 0 Å². The molecule has 0 radical (unpaired) electrons. The fourth-order valence-corrected chi connectivity index (χ4v) is 12.0. The van der Waals surface area contributed by atoms with Crippen molar-refractivity contribution in [2.75, 3.05) is 41.5 Å². The second-order valence-corrected chi connectivity index (χ2v) is 14.2. The van der Waals surface area contributed by atoms with E-state index in [2.05, 4.69) is 0 Å². The van der Waals surface area contributed by atoms with Gasteiger partial charge in [-0.15, -0.1) is 0 Å². The molecule has 13 heteroatoms. The molecule has 5 saturated carbocycles. The fourth-order valence-electron chi connectivity index (χ4n) is 12.0. The first-order chi connectivity index (χ1) is 21.3. The molecule has 1 spiro atoms. The van der Waals surface area contributed by atoms with E-state index in [0.717, 1.165) is 6.92 Å². The second-order valence-electron chi connectivity index (χ2n) is 14.2. The van der Waals surface area contributed by atoms with E-state index >= 15 is 0 Å². The standard InChI is InChI=1S/C32H43NO12/c1-15(34)45-32-19-20(36)21-28(14-41-3)13-33(2)23(19)31(21,18(42-4)11-17(28)35)30(40)12-29(39,26(43-5)24(32)37)25(22(30)32)44-27(38)16-9-7-6-8-10-16/h6-10,17-26,35-37,39-40H,11-14H2,1-5H3/t17-,18+,19-,20+,21+,22+,23-,24+,25-,26+,28-,29-,30-,31-,32+/m1/s1. The van der Waals surface area contributed by atoms with E-state index in [1.807, 2.05) is 4.90 Å². The summed E-state index contributed by atoms with van der Waals surface area (Å²) >= 11 is 0. The van der Waals surface area contributed by atoms with Gasteiger partial charge in [-0.05, 0) is 19.2 Å². The van der Waals surface area contributed by atoms with Crippen molar-refractivity contribution >= 4 is 11.9 Å². The zero-order chi connectivity index (χ0) is 32.5. The maximum atomic E-state index is 13.6. The van der Waals surface area contributed by atoms with Gasteiger partial charge in [0.15, 0.2) is 5.60 Å². The Balaban J connectivity index is 1.54. The number of carbonyl (C=O) groups excluding carboxylic acids is 2. The normalized spacial score (nSPS) is 52.4. The number of carbonyl (C=O) groups is 2. The molecule has 0 unspecified atom stereocenters. The first-order valence-electron chi connectivity index (χ1n) is 15.5. The Bertz CT molecular complexity index is 1380. The number of benzene rings is 1. The van der Waals surface area contributed by atoms with E-state index in [0.29, 0.717) is 0 Å². The van der Waals surface area contributed by atoms with Crippen molar-refractivity contribution in [2.45, 2.75) is 79.2 Å². The van der Waals surface area contributed by atoms with E-state index < -0.39 is 106 Å². The van der Waals surface area contributed by atoms with Crippen LogP contribution >= 0.6 is 0 Å². The minimum Gasteiger partial charge on any atom is -0.455 e. The van der Waals surface area contributed by atoms with Crippen LogP contribution in [0.15, 0.2) is 30.3 Å². The van der Waals surface area contributed by atoms with Gasteiger partial charge in [0.05, 0.1) is 42.0 Å². The molecule has 7 rings (SSSR count). The molecule has 0 amide bonds. The quantitative estimate of drug-likeness (QED) is 0.224. The molecule has 15 atom stereocenters. The molecule has 5 N–H and O–H groups in total. The van der Waals surface area contributed by atoms with E-state index in [4.69, 9.17) is 23.7 Å². The Morgan fingerprint density at radius 2 is 1.69 bits per heavy atom. The zero-order valence-electron chi connectivity index (χ0n) is 26.0. The second kappa shape index (κ2) is 9.91. The number of hydrogen-bond acceptors (Lipinski definition) is 13. The first-order valence-corrected chi connectivity index (χ1v) is 15.5. The Hall–Kier alpha value is -2.20. The van der Waals surface area contributed by atoms with Gasteiger partial charge in [-0.2, -0.15) is 0 Å². The number of aliphatic hydroxyl groups excluding tert-OH is 3. The number of hydrogen-bond donors (Lipinski definition) is 5. The van der Waals surface area contributed by atoms with Crippen LogP contribution in [-0.4, -0.2) is 143 Å². The van der Waals surface area contributed by atoms with Crippen LogP contribution in [0.3, 0.4) is 0 Å². The SMILES string of the molecule is COC[C@@]12CN(C)[C@@H]3[C@H]4[C@H](O)[C@@H]1[C@@]3([C@@H](OC)C[C@H]2O)[C@@]1(O)C[C@@]2(O)[C@H](OC(=O)c3ccccc3)[C@@H]1[C@]4(OC(C)=O)[C@@H](O)[C@@H]2OC. The number of piperidine rings is 1. The van der Waals surface area contributed by atoms with Gasteiger partial charge >= 0.3 is 11.9 Å². The summed E-state index contributed by atoms with van der Waals surface area (Å²) in [6.07, 6.45) is -8.41. The van der Waals surface area contributed by atoms with Gasteiger partial charge in [-0.25, -0.2) is 4.79 Å². The highest BCUT2D eigenvalue weighted by Gasteiger charge is 2.96. The lowest BCUT2D eigenvalue weighted by Gasteiger charge is -2.72. The van der Waals surface area contributed by atoms with E-state index in [1.54, 1.807) is 37.4 Å². The molecule has 5 aliphatic carbocycles. The van der Waals surface area contributed by atoms with Gasteiger partial charge in [0.1, 0.15) is 23.9 Å². The number of ether oxygens (including phenoxy) is 5. The van der Waals surface area contributed by atoms with Crippen molar-refractivity contribution in [2.24, 2.45) is 28.6 Å². The summed E-state index contributed by atoms with van der Waals surface area (Å²) in [6.45, 7) is 1.46. The first kappa shape index (κ1) is 31.4. The smallest absolute Gasteiger partial charge is 0.338 e. The van der Waals surface area contributed by atoms with E-state index in [9.17, 15) is 35.1 Å². The van der Waals surface area contributed by atoms with Crippen molar-refractivity contribution in [3.05, 3.63) is 35.9 Å². The third-order valence-corrected chi connectivity index (χ3v) is 12.7. The summed E-state index contributed by atoms with van der Waals surface area (Å²) in [5, 5.41) is 62.8. The summed E-state index contributed by atoms with van der Waals surface area (Å²) in [6, 6.07) is 7.37. The van der Waals surface area contributed by atoms with Gasteiger partial charge in [-0.1, -0.05) is 18.2 Å². The summed E-state index contributed by atoms with van der Waals surface area (Å²) in [4.78, 5) is 28.6. The minimum absolute atomic E-state index is 0.0269. The average Bonchev–Trinajstić information content (AvgIpc) is 3.33. The van der Waals surface area contributed by atoms with Crippen LogP contribution in [0.25, 0.3) is 0 Å². The van der Waals surface area contributed by atoms with Crippen LogP contribution in [0.4, 0.5) is 0 Å². The lowest BCUT2D eigenvalue weighted by Crippen LogP contribution is -2.85. The number of methoxy groups -OCH3 is 3. The summed E-state index contributed by atoms with van der Waals surface area (Å²) in [5.74, 6) is -5.00. The molecule has 1 saturated heterocycles. The molecule has 1 heterocycles. The van der Waals surface area contributed by atoms with Crippen LogP contribution in [0, 0.1) is 28.6 Å².